The molecule has 1 aliphatic rings. The molecule has 4 aromatic rings. The smallest absolute Gasteiger partial charge is 0.165 e. The number of Topliss-reactive ketones (excluding diaryl/α,β-unsaturated/α-hetero) is 1. The number of likely N-dealkylation sites (N-methyl/N-ethyl adjacent to an activating group) is 1. The molecule has 1 atom stereocenters. The minimum absolute atomic E-state index is 0. The van der Waals surface area contributed by atoms with Gasteiger partial charge in [-0.15, -0.1) is 11.3 Å². The molecule has 1 fully saturated rings. The van der Waals surface area contributed by atoms with Crippen LogP contribution in [0, 0.1) is 0 Å². The fourth-order valence-corrected chi connectivity index (χ4v) is 5.65. The van der Waals surface area contributed by atoms with Crippen LogP contribution in [0.3, 0.4) is 0 Å². The van der Waals surface area contributed by atoms with Crippen LogP contribution in [0.1, 0.15) is 51.4 Å². The van der Waals surface area contributed by atoms with Crippen LogP contribution in [0.5, 0.6) is 0 Å². The largest absolute Gasteiger partial charge is 0.353 e. The number of nitrogens with zero attached hydrogens (tertiary/aromatic N) is 6. The van der Waals surface area contributed by atoms with Crippen LogP contribution >= 0.6 is 11.3 Å². The molecule has 0 aromatic carbocycles. The summed E-state index contributed by atoms with van der Waals surface area (Å²) >= 11 is 1.66. The summed E-state index contributed by atoms with van der Waals surface area (Å²) < 4.78 is 1.77. The van der Waals surface area contributed by atoms with Crippen LogP contribution < -0.4 is 10.2 Å². The Labute approximate surface area is 229 Å². The molecule has 0 amide bonds. The second-order valence-electron chi connectivity index (χ2n) is 9.64. The first-order valence-electron chi connectivity index (χ1n) is 13.1. The first kappa shape index (κ1) is 27.9. The van der Waals surface area contributed by atoms with Gasteiger partial charge in [0.25, 0.3) is 0 Å². The van der Waals surface area contributed by atoms with E-state index in [2.05, 4.69) is 47.1 Å². The molecule has 38 heavy (non-hydrogen) atoms. The van der Waals surface area contributed by atoms with Gasteiger partial charge in [0.15, 0.2) is 11.4 Å². The summed E-state index contributed by atoms with van der Waals surface area (Å²) in [5.74, 6) is 0.983. The highest BCUT2D eigenvalue weighted by molar-refractivity contribution is 7.13. The van der Waals surface area contributed by atoms with Crippen LogP contribution in [0.4, 0.5) is 5.82 Å². The summed E-state index contributed by atoms with van der Waals surface area (Å²) in [7, 11) is 1.98. The maximum Gasteiger partial charge on any atom is 0.165 e. The highest BCUT2D eigenvalue weighted by Gasteiger charge is 2.28. The van der Waals surface area contributed by atoms with E-state index in [9.17, 15) is 4.79 Å². The fraction of sp³-hybridized carbons (Fsp3) is 0.448. The van der Waals surface area contributed by atoms with Crippen LogP contribution in [0.2, 0.25) is 0 Å². The third kappa shape index (κ3) is 5.65. The molecule has 0 aliphatic carbocycles. The van der Waals surface area contributed by atoms with Crippen molar-refractivity contribution in [1.29, 1.82) is 0 Å². The summed E-state index contributed by atoms with van der Waals surface area (Å²) in [5.41, 5.74) is 3.91. The van der Waals surface area contributed by atoms with E-state index in [-0.39, 0.29) is 13.2 Å². The van der Waals surface area contributed by atoms with Gasteiger partial charge in [0.2, 0.25) is 0 Å². The number of anilines is 1. The monoisotopic (exact) mass is 533 g/mol. The molecule has 8 nitrogen and oxygen atoms in total. The van der Waals surface area contributed by atoms with E-state index in [1.807, 2.05) is 42.9 Å². The standard InChI is InChI=1S/C28H35N7OS.CH4/c1-5-33(6-2)19(3)9-10-25(36)20-14-24(31-27(15-20)34-17-21(18-34)29-4)22-16-30-35-12-11-23(32-28(22)35)26-8-7-13-37-26;/h7-8,11-16,19,21,29H,5-6,9-10,17-18H2,1-4H3;1H4/t19-;/m0./s1. The molecule has 0 bridgehead atoms. The summed E-state index contributed by atoms with van der Waals surface area (Å²) in [4.78, 5) is 29.1. The normalized spacial score (nSPS) is 14.5. The van der Waals surface area contributed by atoms with Crippen molar-refractivity contribution in [3.63, 3.8) is 0 Å². The van der Waals surface area contributed by atoms with E-state index in [4.69, 9.17) is 9.97 Å². The summed E-state index contributed by atoms with van der Waals surface area (Å²) in [6, 6.07) is 10.7. The van der Waals surface area contributed by atoms with Gasteiger partial charge in [-0.2, -0.15) is 5.10 Å². The van der Waals surface area contributed by atoms with Gasteiger partial charge in [0, 0.05) is 43.4 Å². The minimum atomic E-state index is 0. The fourth-order valence-electron chi connectivity index (χ4n) is 4.95. The first-order valence-corrected chi connectivity index (χ1v) is 14.0. The van der Waals surface area contributed by atoms with Gasteiger partial charge in [-0.25, -0.2) is 14.5 Å². The molecule has 1 aliphatic heterocycles. The van der Waals surface area contributed by atoms with Crippen molar-refractivity contribution in [2.75, 3.05) is 38.1 Å². The quantitative estimate of drug-likeness (QED) is 0.264. The average Bonchev–Trinajstić information content (AvgIpc) is 3.57. The maximum absolute atomic E-state index is 13.4. The van der Waals surface area contributed by atoms with Gasteiger partial charge in [-0.1, -0.05) is 27.3 Å². The van der Waals surface area contributed by atoms with Crippen molar-refractivity contribution >= 4 is 28.6 Å². The van der Waals surface area contributed by atoms with E-state index in [0.29, 0.717) is 24.1 Å². The van der Waals surface area contributed by atoms with E-state index in [1.165, 1.54) is 0 Å². The van der Waals surface area contributed by atoms with E-state index in [0.717, 1.165) is 65.9 Å². The lowest BCUT2D eigenvalue weighted by atomic mass is 10.0. The third-order valence-electron chi connectivity index (χ3n) is 7.39. The SMILES string of the molecule is C.CCN(CC)[C@@H](C)CCC(=O)c1cc(-c2cnn3ccc(-c4cccs4)nc23)nc(N2CC(NC)C2)c1. The Morgan fingerprint density at radius 3 is 2.66 bits per heavy atom. The molecule has 4 aromatic heterocycles. The predicted molar refractivity (Wildman–Crippen MR) is 157 cm³/mol. The molecule has 0 saturated carbocycles. The molecular formula is C29H39N7OS. The van der Waals surface area contributed by atoms with Crippen molar-refractivity contribution < 1.29 is 4.79 Å². The van der Waals surface area contributed by atoms with Crippen LogP contribution in [0.25, 0.3) is 27.5 Å². The first-order chi connectivity index (χ1) is 18.0. The Kier molecular flexibility index (Phi) is 8.91. The Bertz CT molecular complexity index is 1360. The number of aromatic nitrogens is 4. The zero-order valence-electron chi connectivity index (χ0n) is 22.0. The van der Waals surface area contributed by atoms with E-state index in [1.54, 1.807) is 22.0 Å². The second kappa shape index (κ2) is 12.1. The summed E-state index contributed by atoms with van der Waals surface area (Å²) in [5, 5.41) is 9.89. The zero-order chi connectivity index (χ0) is 25.9. The number of carbonyl (C=O) groups is 1. The highest BCUT2D eigenvalue weighted by Crippen LogP contribution is 2.30. The van der Waals surface area contributed by atoms with Crippen molar-refractivity contribution in [3.8, 4) is 21.8 Å². The van der Waals surface area contributed by atoms with Gasteiger partial charge in [0.05, 0.1) is 28.0 Å². The number of hydrogen-bond donors (Lipinski definition) is 1. The van der Waals surface area contributed by atoms with Gasteiger partial charge < -0.3 is 15.1 Å². The molecule has 1 saturated heterocycles. The zero-order valence-corrected chi connectivity index (χ0v) is 22.8. The van der Waals surface area contributed by atoms with E-state index >= 15 is 0 Å². The van der Waals surface area contributed by atoms with Crippen molar-refractivity contribution in [2.45, 2.75) is 53.1 Å². The van der Waals surface area contributed by atoms with Crippen LogP contribution in [0.15, 0.2) is 48.1 Å². The molecule has 1 N–H and O–H groups in total. The number of hydrogen-bond acceptors (Lipinski definition) is 8. The Morgan fingerprint density at radius 2 is 1.97 bits per heavy atom. The van der Waals surface area contributed by atoms with Gasteiger partial charge in [-0.05, 0) is 63.1 Å². The molecule has 0 unspecified atom stereocenters. The number of ketones is 1. The van der Waals surface area contributed by atoms with Crippen molar-refractivity contribution in [2.24, 2.45) is 0 Å². The molecular weight excluding hydrogens is 494 g/mol. The molecule has 202 valence electrons. The minimum Gasteiger partial charge on any atom is -0.353 e. The molecule has 0 spiro atoms. The number of carbonyl (C=O) groups excluding carboxylic acids is 1. The molecule has 0 radical (unpaired) electrons. The van der Waals surface area contributed by atoms with Gasteiger partial charge >= 0.3 is 0 Å². The lowest BCUT2D eigenvalue weighted by molar-refractivity contribution is 0.0964. The van der Waals surface area contributed by atoms with Crippen molar-refractivity contribution in [3.05, 3.63) is 53.7 Å². The molecule has 5 rings (SSSR count). The predicted octanol–water partition coefficient (Wildman–Crippen LogP) is 5.26. The number of nitrogens with one attached hydrogen (secondary N) is 1. The topological polar surface area (TPSA) is 78.7 Å². The van der Waals surface area contributed by atoms with Crippen LogP contribution in [-0.2, 0) is 0 Å². The number of fused-ring (bicyclic) bond motifs is 1. The Hall–Kier alpha value is -3.14. The number of rotatable bonds is 11. The Balaban J connectivity index is 0.00000336. The van der Waals surface area contributed by atoms with Crippen LogP contribution in [-0.4, -0.2) is 75.6 Å². The molecule has 9 heteroatoms. The van der Waals surface area contributed by atoms with Crippen molar-refractivity contribution in [1.82, 2.24) is 29.8 Å². The summed E-state index contributed by atoms with van der Waals surface area (Å²) in [6.45, 7) is 10.3. The third-order valence-corrected chi connectivity index (χ3v) is 8.28. The average molecular weight is 534 g/mol. The lowest BCUT2D eigenvalue weighted by Crippen LogP contribution is -2.57. The number of pyridine rings is 1. The molecule has 5 heterocycles. The highest BCUT2D eigenvalue weighted by atomic mass is 32.1. The van der Waals surface area contributed by atoms with E-state index < -0.39 is 0 Å². The Morgan fingerprint density at radius 1 is 1.18 bits per heavy atom. The maximum atomic E-state index is 13.4. The van der Waals surface area contributed by atoms with Gasteiger partial charge in [0.1, 0.15) is 5.82 Å². The second-order valence-corrected chi connectivity index (χ2v) is 10.6. The van der Waals surface area contributed by atoms with Gasteiger partial charge in [-0.3, -0.25) is 4.79 Å². The lowest BCUT2D eigenvalue weighted by Gasteiger charge is -2.40. The number of thiophene rings is 1. The summed E-state index contributed by atoms with van der Waals surface area (Å²) in [6.07, 6.45) is 5.07.